The number of hydrogen-bond acceptors (Lipinski definition) is 4. The van der Waals surface area contributed by atoms with Crippen LogP contribution in [0.2, 0.25) is 0 Å². The average Bonchev–Trinajstić information content (AvgIpc) is 2.47. The van der Waals surface area contributed by atoms with Crippen molar-refractivity contribution in [2.45, 2.75) is 6.92 Å². The molecule has 0 amide bonds. The summed E-state index contributed by atoms with van der Waals surface area (Å²) < 4.78 is 1.22. The molecule has 0 saturated carbocycles. The third-order valence-electron chi connectivity index (χ3n) is 1.50. The highest BCUT2D eigenvalue weighted by atomic mass is 16.2. The van der Waals surface area contributed by atoms with Gasteiger partial charge in [0.2, 0.25) is 5.91 Å². The summed E-state index contributed by atoms with van der Waals surface area (Å²) in [6, 6.07) is 0. The molecule has 0 bridgehead atoms. The van der Waals surface area contributed by atoms with Crippen molar-refractivity contribution in [1.82, 2.24) is 19.7 Å². The molecule has 0 fully saturated rings. The zero-order valence-corrected chi connectivity index (χ0v) is 6.43. The molecule has 0 aliphatic rings. The Bertz CT molecular complexity index is 434. The Morgan fingerprint density at radius 1 is 1.42 bits per heavy atom. The summed E-state index contributed by atoms with van der Waals surface area (Å²) in [6.07, 6.45) is 4.61. The minimum absolute atomic E-state index is 0.162. The molecule has 2 heterocycles. The fraction of sp³-hybridized carbons (Fsp3) is 0.143. The molecule has 60 valence electrons. The second kappa shape index (κ2) is 2.37. The summed E-state index contributed by atoms with van der Waals surface area (Å²) in [6.45, 7) is 1.43. The summed E-state index contributed by atoms with van der Waals surface area (Å²) in [5, 5.41) is 3.84. The van der Waals surface area contributed by atoms with Crippen molar-refractivity contribution in [1.29, 1.82) is 0 Å². The standard InChI is InChI=1S/C7H6N4O/c1-5(12)11-7-6(4-10-11)8-2-3-9-7/h2-4H,1H3. The lowest BCUT2D eigenvalue weighted by molar-refractivity contribution is 0.0926. The van der Waals surface area contributed by atoms with Gasteiger partial charge in [0.15, 0.2) is 5.65 Å². The van der Waals surface area contributed by atoms with Gasteiger partial charge >= 0.3 is 0 Å². The molecule has 2 aromatic heterocycles. The second-order valence-corrected chi connectivity index (χ2v) is 2.34. The molecule has 0 unspecified atom stereocenters. The molecule has 0 N–H and O–H groups in total. The summed E-state index contributed by atoms with van der Waals surface area (Å²) in [5.74, 6) is -0.162. The molecule has 2 rings (SSSR count). The first-order valence-electron chi connectivity index (χ1n) is 3.45. The molecule has 0 aromatic carbocycles. The molecule has 12 heavy (non-hydrogen) atoms. The Morgan fingerprint density at radius 3 is 2.92 bits per heavy atom. The maximum Gasteiger partial charge on any atom is 0.245 e. The van der Waals surface area contributed by atoms with Crippen molar-refractivity contribution < 1.29 is 4.79 Å². The van der Waals surface area contributed by atoms with Crippen molar-refractivity contribution in [2.75, 3.05) is 0 Å². The molecule has 0 atom stereocenters. The monoisotopic (exact) mass is 162 g/mol. The molecule has 0 spiro atoms. The molecule has 0 saturated heterocycles. The first-order chi connectivity index (χ1) is 5.79. The van der Waals surface area contributed by atoms with E-state index < -0.39 is 0 Å². The van der Waals surface area contributed by atoms with E-state index in [0.717, 1.165) is 0 Å². The zero-order valence-electron chi connectivity index (χ0n) is 6.43. The van der Waals surface area contributed by atoms with Gasteiger partial charge in [-0.25, -0.2) is 9.97 Å². The molecular formula is C7H6N4O. The first kappa shape index (κ1) is 6.90. The van der Waals surface area contributed by atoms with Gasteiger partial charge in [0.1, 0.15) is 5.52 Å². The molecule has 0 radical (unpaired) electrons. The van der Waals surface area contributed by atoms with Gasteiger partial charge in [-0.1, -0.05) is 0 Å². The SMILES string of the molecule is CC(=O)n1ncc2nccnc21. The molecule has 5 nitrogen and oxygen atoms in total. The van der Waals surface area contributed by atoms with Gasteiger partial charge in [0.05, 0.1) is 6.20 Å². The lowest BCUT2D eigenvalue weighted by atomic mass is 10.5. The highest BCUT2D eigenvalue weighted by Crippen LogP contribution is 2.05. The molecule has 5 heteroatoms. The third-order valence-corrected chi connectivity index (χ3v) is 1.50. The topological polar surface area (TPSA) is 60.7 Å². The Morgan fingerprint density at radius 2 is 2.17 bits per heavy atom. The van der Waals surface area contributed by atoms with E-state index in [1.807, 2.05) is 0 Å². The van der Waals surface area contributed by atoms with Crippen LogP contribution in [0, 0.1) is 0 Å². The van der Waals surface area contributed by atoms with Crippen LogP contribution >= 0.6 is 0 Å². The van der Waals surface area contributed by atoms with E-state index in [1.165, 1.54) is 24.0 Å². The summed E-state index contributed by atoms with van der Waals surface area (Å²) >= 11 is 0. The fourth-order valence-corrected chi connectivity index (χ4v) is 0.993. The van der Waals surface area contributed by atoms with Gasteiger partial charge < -0.3 is 0 Å². The third kappa shape index (κ3) is 0.868. The highest BCUT2D eigenvalue weighted by Gasteiger charge is 2.06. The number of nitrogens with zero attached hydrogens (tertiary/aromatic N) is 4. The van der Waals surface area contributed by atoms with Crippen LogP contribution in [0.15, 0.2) is 18.6 Å². The number of carbonyl (C=O) groups is 1. The minimum atomic E-state index is -0.162. The average molecular weight is 162 g/mol. The summed E-state index contributed by atoms with van der Waals surface area (Å²) in [5.41, 5.74) is 1.14. The van der Waals surface area contributed by atoms with E-state index in [9.17, 15) is 4.79 Å². The Kier molecular flexibility index (Phi) is 1.36. The quantitative estimate of drug-likeness (QED) is 0.565. The molecule has 0 aliphatic carbocycles. The molecular weight excluding hydrogens is 156 g/mol. The van der Waals surface area contributed by atoms with Gasteiger partial charge in [-0.2, -0.15) is 9.78 Å². The van der Waals surface area contributed by atoms with Gasteiger partial charge in [-0.15, -0.1) is 0 Å². The number of aromatic nitrogens is 4. The van der Waals surface area contributed by atoms with Gasteiger partial charge in [0.25, 0.3) is 0 Å². The van der Waals surface area contributed by atoms with Crippen LogP contribution < -0.4 is 0 Å². The highest BCUT2D eigenvalue weighted by molar-refractivity contribution is 5.85. The van der Waals surface area contributed by atoms with E-state index >= 15 is 0 Å². The predicted octanol–water partition coefficient (Wildman–Crippen LogP) is 0.486. The molecule has 2 aromatic rings. The number of carbonyl (C=O) groups excluding carboxylic acids is 1. The van der Waals surface area contributed by atoms with Crippen molar-refractivity contribution in [3.8, 4) is 0 Å². The van der Waals surface area contributed by atoms with Crippen LogP contribution in [0.5, 0.6) is 0 Å². The van der Waals surface area contributed by atoms with Gasteiger partial charge in [-0.05, 0) is 0 Å². The van der Waals surface area contributed by atoms with Gasteiger partial charge in [0, 0.05) is 19.3 Å². The minimum Gasteiger partial charge on any atom is -0.273 e. The normalized spacial score (nSPS) is 10.4. The second-order valence-electron chi connectivity index (χ2n) is 2.34. The van der Waals surface area contributed by atoms with Crippen LogP contribution in [0.3, 0.4) is 0 Å². The number of hydrogen-bond donors (Lipinski definition) is 0. The maximum absolute atomic E-state index is 11.0. The summed E-state index contributed by atoms with van der Waals surface area (Å²) in [4.78, 5) is 18.9. The van der Waals surface area contributed by atoms with E-state index in [1.54, 1.807) is 6.20 Å². The lowest BCUT2D eigenvalue weighted by Gasteiger charge is -1.92. The largest absolute Gasteiger partial charge is 0.273 e. The smallest absolute Gasteiger partial charge is 0.245 e. The van der Waals surface area contributed by atoms with Crippen molar-refractivity contribution in [3.05, 3.63) is 18.6 Å². The van der Waals surface area contributed by atoms with E-state index in [4.69, 9.17) is 0 Å². The van der Waals surface area contributed by atoms with Crippen LogP contribution in [-0.2, 0) is 0 Å². The van der Waals surface area contributed by atoms with Crippen LogP contribution in [0.4, 0.5) is 0 Å². The van der Waals surface area contributed by atoms with Crippen molar-refractivity contribution >= 4 is 17.1 Å². The fourth-order valence-electron chi connectivity index (χ4n) is 0.993. The number of rotatable bonds is 0. The Balaban J connectivity index is 2.79. The van der Waals surface area contributed by atoms with Crippen molar-refractivity contribution in [3.63, 3.8) is 0 Å². The van der Waals surface area contributed by atoms with Gasteiger partial charge in [-0.3, -0.25) is 4.79 Å². The Hall–Kier alpha value is -1.78. The van der Waals surface area contributed by atoms with Crippen molar-refractivity contribution in [2.24, 2.45) is 0 Å². The molecule has 0 aliphatic heterocycles. The summed E-state index contributed by atoms with van der Waals surface area (Å²) in [7, 11) is 0. The van der Waals surface area contributed by atoms with E-state index in [-0.39, 0.29) is 5.91 Å². The van der Waals surface area contributed by atoms with Crippen LogP contribution in [0.25, 0.3) is 11.2 Å². The number of fused-ring (bicyclic) bond motifs is 1. The first-order valence-corrected chi connectivity index (χ1v) is 3.45. The van der Waals surface area contributed by atoms with Crippen LogP contribution in [0.1, 0.15) is 11.7 Å². The van der Waals surface area contributed by atoms with Crippen LogP contribution in [-0.4, -0.2) is 25.7 Å². The zero-order chi connectivity index (χ0) is 8.55. The Labute approximate surface area is 68.1 Å². The maximum atomic E-state index is 11.0. The predicted molar refractivity (Wildman–Crippen MR) is 41.6 cm³/mol. The van der Waals surface area contributed by atoms with E-state index in [0.29, 0.717) is 11.2 Å². The lowest BCUT2D eigenvalue weighted by Crippen LogP contribution is -2.07. The van der Waals surface area contributed by atoms with E-state index in [2.05, 4.69) is 15.1 Å².